The van der Waals surface area contributed by atoms with Gasteiger partial charge in [0.15, 0.2) is 0 Å². The highest BCUT2D eigenvalue weighted by Gasteiger charge is 2.21. The van der Waals surface area contributed by atoms with Crippen molar-refractivity contribution in [2.45, 2.75) is 19.4 Å². The molecule has 1 heterocycles. The lowest BCUT2D eigenvalue weighted by Crippen LogP contribution is -2.41. The molecule has 0 saturated heterocycles. The monoisotopic (exact) mass is 430 g/mol. The van der Waals surface area contributed by atoms with Gasteiger partial charge in [-0.05, 0) is 55.3 Å². The third-order valence-corrected chi connectivity index (χ3v) is 5.39. The van der Waals surface area contributed by atoms with Gasteiger partial charge in [0.2, 0.25) is 5.91 Å². The second-order valence-electron chi connectivity index (χ2n) is 7.57. The van der Waals surface area contributed by atoms with Crippen LogP contribution < -0.4 is 15.5 Å². The summed E-state index contributed by atoms with van der Waals surface area (Å²) in [4.78, 5) is 37.4. The highest BCUT2D eigenvalue weighted by molar-refractivity contribution is 6.01. The molecule has 1 unspecified atom stereocenters. The maximum Gasteiger partial charge on any atom is 0.270 e. The van der Waals surface area contributed by atoms with Crippen LogP contribution in [0.5, 0.6) is 0 Å². The number of nitro benzene ring substituents is 1. The summed E-state index contributed by atoms with van der Waals surface area (Å²) >= 11 is 0. The van der Waals surface area contributed by atoms with Crippen molar-refractivity contribution in [3.8, 4) is 0 Å². The average molecular weight is 430 g/mol. The van der Waals surface area contributed by atoms with Gasteiger partial charge in [0.1, 0.15) is 6.04 Å². The summed E-state index contributed by atoms with van der Waals surface area (Å²) in [5, 5.41) is 16.2. The van der Waals surface area contributed by atoms with Gasteiger partial charge in [-0.1, -0.05) is 24.3 Å². The molecule has 0 bridgehead atoms. The molecule has 0 aromatic heterocycles. The molecule has 2 N–H and O–H groups in total. The fraction of sp³-hybridized carbons (Fsp3) is 0.167. The molecule has 0 aliphatic carbocycles. The van der Waals surface area contributed by atoms with Gasteiger partial charge in [-0.25, -0.2) is 0 Å². The number of hydrogen-bond donors (Lipinski definition) is 2. The standard InChI is InChI=1S/C24H22N4O4/c1-16(25-24(30)18-6-4-7-21(15-18)28(31)32)23(29)26-19-9-11-20(12-10-19)27-14-13-17-5-2-3-8-22(17)27/h2-12,15-16H,13-14H2,1H3,(H,25,30)(H,26,29). The number of fused-ring (bicyclic) bond motifs is 1. The lowest BCUT2D eigenvalue weighted by atomic mass is 10.1. The number of carbonyl (C=O) groups excluding carboxylic acids is 2. The topological polar surface area (TPSA) is 105 Å². The predicted octanol–water partition coefficient (Wildman–Crippen LogP) is 4.05. The van der Waals surface area contributed by atoms with E-state index in [1.54, 1.807) is 6.92 Å². The van der Waals surface area contributed by atoms with Crippen LogP contribution in [-0.4, -0.2) is 29.3 Å². The summed E-state index contributed by atoms with van der Waals surface area (Å²) in [6.07, 6.45) is 0.996. The first-order valence-corrected chi connectivity index (χ1v) is 10.2. The highest BCUT2D eigenvalue weighted by atomic mass is 16.6. The average Bonchev–Trinajstić information content (AvgIpc) is 3.23. The number of para-hydroxylation sites is 1. The Hall–Kier alpha value is -4.20. The van der Waals surface area contributed by atoms with Crippen LogP contribution >= 0.6 is 0 Å². The van der Waals surface area contributed by atoms with E-state index in [0.29, 0.717) is 5.69 Å². The first kappa shape index (κ1) is 21.0. The molecule has 1 aliphatic heterocycles. The largest absolute Gasteiger partial charge is 0.341 e. The zero-order valence-corrected chi connectivity index (χ0v) is 17.4. The number of rotatable bonds is 6. The van der Waals surface area contributed by atoms with Gasteiger partial charge in [-0.3, -0.25) is 19.7 Å². The summed E-state index contributed by atoms with van der Waals surface area (Å²) in [6.45, 7) is 2.46. The van der Waals surface area contributed by atoms with Gasteiger partial charge in [0.05, 0.1) is 4.92 Å². The minimum Gasteiger partial charge on any atom is -0.341 e. The SMILES string of the molecule is CC(NC(=O)c1cccc([N+](=O)[O-])c1)C(=O)Nc1ccc(N2CCc3ccccc32)cc1. The Balaban J connectivity index is 1.37. The molecule has 1 aliphatic rings. The van der Waals surface area contributed by atoms with Gasteiger partial charge in [-0.15, -0.1) is 0 Å². The van der Waals surface area contributed by atoms with Gasteiger partial charge < -0.3 is 15.5 Å². The van der Waals surface area contributed by atoms with Crippen LogP contribution in [0.25, 0.3) is 0 Å². The quantitative estimate of drug-likeness (QED) is 0.454. The van der Waals surface area contributed by atoms with E-state index in [2.05, 4.69) is 27.7 Å². The number of amides is 2. The summed E-state index contributed by atoms with van der Waals surface area (Å²) in [5.41, 5.74) is 4.10. The van der Waals surface area contributed by atoms with Crippen molar-refractivity contribution < 1.29 is 14.5 Å². The Morgan fingerprint density at radius 3 is 2.53 bits per heavy atom. The second-order valence-corrected chi connectivity index (χ2v) is 7.57. The number of nitrogens with zero attached hydrogens (tertiary/aromatic N) is 2. The molecule has 4 rings (SSSR count). The van der Waals surface area contributed by atoms with Crippen LogP contribution in [0.3, 0.4) is 0 Å². The molecule has 8 nitrogen and oxygen atoms in total. The molecule has 1 atom stereocenters. The molecule has 0 spiro atoms. The van der Waals surface area contributed by atoms with E-state index in [1.807, 2.05) is 36.4 Å². The van der Waals surface area contributed by atoms with Gasteiger partial charge >= 0.3 is 0 Å². The molecule has 0 saturated carbocycles. The smallest absolute Gasteiger partial charge is 0.270 e. The van der Waals surface area contributed by atoms with Crippen LogP contribution in [-0.2, 0) is 11.2 Å². The van der Waals surface area contributed by atoms with Crippen molar-refractivity contribution in [3.05, 3.63) is 94.0 Å². The Bertz CT molecular complexity index is 1180. The van der Waals surface area contributed by atoms with E-state index in [-0.39, 0.29) is 17.2 Å². The van der Waals surface area contributed by atoms with Gasteiger partial charge in [-0.2, -0.15) is 0 Å². The van der Waals surface area contributed by atoms with E-state index >= 15 is 0 Å². The first-order valence-electron chi connectivity index (χ1n) is 10.2. The molecule has 162 valence electrons. The van der Waals surface area contributed by atoms with Crippen molar-refractivity contribution in [2.75, 3.05) is 16.8 Å². The normalized spacial score (nSPS) is 13.2. The molecule has 3 aromatic carbocycles. The zero-order chi connectivity index (χ0) is 22.7. The number of hydrogen-bond acceptors (Lipinski definition) is 5. The molecule has 3 aromatic rings. The maximum atomic E-state index is 12.5. The summed E-state index contributed by atoms with van der Waals surface area (Å²) in [7, 11) is 0. The number of anilines is 3. The number of nitro groups is 1. The van der Waals surface area contributed by atoms with Crippen molar-refractivity contribution >= 4 is 34.6 Å². The van der Waals surface area contributed by atoms with Crippen molar-refractivity contribution in [1.29, 1.82) is 0 Å². The van der Waals surface area contributed by atoms with Crippen LogP contribution in [0.1, 0.15) is 22.8 Å². The van der Waals surface area contributed by atoms with Crippen molar-refractivity contribution in [3.63, 3.8) is 0 Å². The predicted molar refractivity (Wildman–Crippen MR) is 122 cm³/mol. The third-order valence-electron chi connectivity index (χ3n) is 5.39. The zero-order valence-electron chi connectivity index (χ0n) is 17.4. The lowest BCUT2D eigenvalue weighted by molar-refractivity contribution is -0.384. The van der Waals surface area contributed by atoms with Crippen LogP contribution in [0.15, 0.2) is 72.8 Å². The molecule has 0 radical (unpaired) electrons. The number of carbonyl (C=O) groups is 2. The summed E-state index contributed by atoms with van der Waals surface area (Å²) < 4.78 is 0. The fourth-order valence-electron chi connectivity index (χ4n) is 3.69. The van der Waals surface area contributed by atoms with E-state index < -0.39 is 16.9 Å². The number of non-ortho nitro benzene ring substituents is 1. The third kappa shape index (κ3) is 4.44. The van der Waals surface area contributed by atoms with E-state index in [4.69, 9.17) is 0 Å². The van der Waals surface area contributed by atoms with Crippen LogP contribution in [0.2, 0.25) is 0 Å². The Morgan fingerprint density at radius 1 is 1.03 bits per heavy atom. The first-order chi connectivity index (χ1) is 15.4. The molecular weight excluding hydrogens is 408 g/mol. The fourth-order valence-corrected chi connectivity index (χ4v) is 3.69. The van der Waals surface area contributed by atoms with E-state index in [0.717, 1.165) is 18.7 Å². The molecule has 32 heavy (non-hydrogen) atoms. The van der Waals surface area contributed by atoms with E-state index in [9.17, 15) is 19.7 Å². The second kappa shape index (κ2) is 8.89. The summed E-state index contributed by atoms with van der Waals surface area (Å²) in [6, 6.07) is 20.4. The van der Waals surface area contributed by atoms with Crippen molar-refractivity contribution in [2.24, 2.45) is 0 Å². The minimum atomic E-state index is -0.827. The van der Waals surface area contributed by atoms with Gasteiger partial charge in [0.25, 0.3) is 11.6 Å². The molecule has 0 fully saturated rings. The van der Waals surface area contributed by atoms with Crippen molar-refractivity contribution in [1.82, 2.24) is 5.32 Å². The lowest BCUT2D eigenvalue weighted by Gasteiger charge is -2.20. The number of benzene rings is 3. The summed E-state index contributed by atoms with van der Waals surface area (Å²) in [5.74, 6) is -0.942. The van der Waals surface area contributed by atoms with Crippen LogP contribution in [0.4, 0.5) is 22.7 Å². The number of nitrogens with one attached hydrogen (secondary N) is 2. The Morgan fingerprint density at radius 2 is 1.78 bits per heavy atom. The highest BCUT2D eigenvalue weighted by Crippen LogP contribution is 2.34. The minimum absolute atomic E-state index is 0.120. The maximum absolute atomic E-state index is 12.5. The molecular formula is C24H22N4O4. The Kier molecular flexibility index (Phi) is 5.85. The van der Waals surface area contributed by atoms with E-state index in [1.165, 1.54) is 35.5 Å². The van der Waals surface area contributed by atoms with Gasteiger partial charge in [0, 0.05) is 41.3 Å². The molecule has 8 heteroatoms. The Labute approximate surface area is 185 Å². The molecule has 2 amide bonds. The van der Waals surface area contributed by atoms with Crippen LogP contribution in [0, 0.1) is 10.1 Å².